The molecule has 4 aromatic rings. The van der Waals surface area contributed by atoms with Gasteiger partial charge in [0.15, 0.2) is 0 Å². The van der Waals surface area contributed by atoms with Gasteiger partial charge in [0.1, 0.15) is 6.54 Å². The first-order valence-corrected chi connectivity index (χ1v) is 10.5. The van der Waals surface area contributed by atoms with E-state index < -0.39 is 5.69 Å². The monoisotopic (exact) mass is 431 g/mol. The zero-order valence-electron chi connectivity index (χ0n) is 17.2. The summed E-state index contributed by atoms with van der Waals surface area (Å²) in [6, 6.07) is 13.6. The molecule has 0 aliphatic carbocycles. The molecule has 32 heavy (non-hydrogen) atoms. The van der Waals surface area contributed by atoms with E-state index in [1.807, 2.05) is 0 Å². The number of carbonyl (C=O) groups excluding carboxylic acids is 1. The zero-order chi connectivity index (χ0) is 22.2. The Kier molecular flexibility index (Phi) is 4.93. The molecule has 1 fully saturated rings. The van der Waals surface area contributed by atoms with Gasteiger partial charge in [-0.2, -0.15) is 0 Å². The number of aromatic nitrogens is 4. The summed E-state index contributed by atoms with van der Waals surface area (Å²) in [7, 11) is 0. The smallest absolute Gasteiger partial charge is 0.329 e. The van der Waals surface area contributed by atoms with Crippen LogP contribution in [-0.4, -0.2) is 43.0 Å². The lowest BCUT2D eigenvalue weighted by Gasteiger charge is -2.32. The third-order valence-electron chi connectivity index (χ3n) is 6.06. The van der Waals surface area contributed by atoms with Gasteiger partial charge in [0.25, 0.3) is 11.1 Å². The van der Waals surface area contributed by atoms with Gasteiger partial charge in [0.05, 0.1) is 28.1 Å². The average Bonchev–Trinajstić information content (AvgIpc) is 2.81. The van der Waals surface area contributed by atoms with Crippen LogP contribution in [0.2, 0.25) is 0 Å². The first-order valence-electron chi connectivity index (χ1n) is 10.5. The SMILES string of the molecule is O=C(Cn1cnc2ccccc2c1=O)N1CCC(n2c(=O)[nH]c3ccccc3c2=O)CC1. The second-order valence-corrected chi connectivity index (χ2v) is 7.96. The standard InChI is InChI=1S/C23H21N5O4/c29-20(13-27-14-24-18-7-3-1-5-16(18)21(27)30)26-11-9-15(10-12-26)28-22(31)17-6-2-4-8-19(17)25-23(28)32/h1-8,14-15H,9-13H2,(H,25,32). The molecule has 5 rings (SSSR count). The Hall–Kier alpha value is -4.01. The molecule has 0 unspecified atom stereocenters. The molecule has 1 amide bonds. The normalized spacial score (nSPS) is 14.8. The Bertz CT molecular complexity index is 1510. The summed E-state index contributed by atoms with van der Waals surface area (Å²) >= 11 is 0. The molecule has 162 valence electrons. The van der Waals surface area contributed by atoms with Crippen molar-refractivity contribution in [2.24, 2.45) is 0 Å². The molecule has 1 aliphatic heterocycles. The molecule has 0 spiro atoms. The van der Waals surface area contributed by atoms with Crippen LogP contribution in [0.25, 0.3) is 21.8 Å². The molecule has 1 saturated heterocycles. The number of nitrogens with zero attached hydrogens (tertiary/aromatic N) is 4. The fourth-order valence-corrected chi connectivity index (χ4v) is 4.35. The fraction of sp³-hybridized carbons (Fsp3) is 0.261. The number of benzene rings is 2. The number of hydrogen-bond acceptors (Lipinski definition) is 5. The van der Waals surface area contributed by atoms with Gasteiger partial charge in [0.2, 0.25) is 5.91 Å². The number of likely N-dealkylation sites (tertiary alicyclic amines) is 1. The molecule has 0 bridgehead atoms. The van der Waals surface area contributed by atoms with Crippen molar-refractivity contribution in [3.63, 3.8) is 0 Å². The molecule has 0 saturated carbocycles. The van der Waals surface area contributed by atoms with Crippen molar-refractivity contribution in [2.45, 2.75) is 25.4 Å². The van der Waals surface area contributed by atoms with Gasteiger partial charge in [-0.15, -0.1) is 0 Å². The largest absolute Gasteiger partial charge is 0.341 e. The van der Waals surface area contributed by atoms with Crippen LogP contribution in [0.1, 0.15) is 18.9 Å². The minimum atomic E-state index is -0.438. The van der Waals surface area contributed by atoms with Crippen molar-refractivity contribution in [3.05, 3.63) is 86.1 Å². The number of aromatic amines is 1. The Morgan fingerprint density at radius 1 is 0.938 bits per heavy atom. The van der Waals surface area contributed by atoms with Gasteiger partial charge in [0, 0.05) is 19.1 Å². The van der Waals surface area contributed by atoms with E-state index in [0.717, 1.165) is 0 Å². The quantitative estimate of drug-likeness (QED) is 0.525. The number of piperidine rings is 1. The Morgan fingerprint density at radius 3 is 2.41 bits per heavy atom. The number of amides is 1. The summed E-state index contributed by atoms with van der Waals surface area (Å²) in [4.78, 5) is 59.5. The number of nitrogens with one attached hydrogen (secondary N) is 1. The first kappa shape index (κ1) is 19.9. The lowest BCUT2D eigenvalue weighted by molar-refractivity contribution is -0.133. The number of hydrogen-bond donors (Lipinski definition) is 1. The maximum absolute atomic E-state index is 12.9. The van der Waals surface area contributed by atoms with Gasteiger partial charge < -0.3 is 9.88 Å². The van der Waals surface area contributed by atoms with E-state index in [1.165, 1.54) is 15.5 Å². The summed E-state index contributed by atoms with van der Waals surface area (Å²) in [5.41, 5.74) is 0.0946. The third kappa shape index (κ3) is 3.41. The van der Waals surface area contributed by atoms with E-state index in [1.54, 1.807) is 53.4 Å². The second kappa shape index (κ2) is 7.92. The average molecular weight is 431 g/mol. The van der Waals surface area contributed by atoms with Crippen molar-refractivity contribution in [1.29, 1.82) is 0 Å². The molecule has 1 aliphatic rings. The van der Waals surface area contributed by atoms with Crippen LogP contribution in [0.15, 0.2) is 69.2 Å². The number of rotatable bonds is 3. The Morgan fingerprint density at radius 2 is 1.62 bits per heavy atom. The predicted octanol–water partition coefficient (Wildman–Crippen LogP) is 1.26. The van der Waals surface area contributed by atoms with E-state index in [0.29, 0.717) is 47.7 Å². The van der Waals surface area contributed by atoms with Gasteiger partial charge in [-0.1, -0.05) is 24.3 Å². The van der Waals surface area contributed by atoms with Crippen LogP contribution in [0.3, 0.4) is 0 Å². The van der Waals surface area contributed by atoms with Crippen LogP contribution < -0.4 is 16.8 Å². The van der Waals surface area contributed by atoms with E-state index in [4.69, 9.17) is 0 Å². The van der Waals surface area contributed by atoms with Gasteiger partial charge in [-0.3, -0.25) is 23.5 Å². The van der Waals surface area contributed by atoms with E-state index in [-0.39, 0.29) is 29.6 Å². The number of fused-ring (bicyclic) bond motifs is 2. The number of para-hydroxylation sites is 2. The fourth-order valence-electron chi connectivity index (χ4n) is 4.35. The van der Waals surface area contributed by atoms with Crippen LogP contribution in [0.4, 0.5) is 0 Å². The minimum absolute atomic E-state index is 0.0994. The highest BCUT2D eigenvalue weighted by Crippen LogP contribution is 2.20. The molecule has 3 heterocycles. The van der Waals surface area contributed by atoms with Crippen molar-refractivity contribution in [3.8, 4) is 0 Å². The zero-order valence-corrected chi connectivity index (χ0v) is 17.2. The Labute approximate surface area is 181 Å². The molecular weight excluding hydrogens is 410 g/mol. The van der Waals surface area contributed by atoms with Gasteiger partial charge in [-0.25, -0.2) is 9.78 Å². The molecule has 0 atom stereocenters. The first-order chi connectivity index (χ1) is 15.5. The van der Waals surface area contributed by atoms with Gasteiger partial charge in [-0.05, 0) is 37.1 Å². The highest BCUT2D eigenvalue weighted by Gasteiger charge is 2.26. The Balaban J connectivity index is 1.32. The van der Waals surface area contributed by atoms with E-state index >= 15 is 0 Å². The molecule has 2 aromatic heterocycles. The van der Waals surface area contributed by atoms with Crippen molar-refractivity contribution in [1.82, 2.24) is 24.0 Å². The number of H-pyrrole nitrogens is 1. The summed E-state index contributed by atoms with van der Waals surface area (Å²) < 4.78 is 2.58. The van der Waals surface area contributed by atoms with Crippen molar-refractivity contribution in [2.75, 3.05) is 13.1 Å². The lowest BCUT2D eigenvalue weighted by atomic mass is 10.0. The molecular formula is C23H21N5O4. The van der Waals surface area contributed by atoms with E-state index in [9.17, 15) is 19.2 Å². The highest BCUT2D eigenvalue weighted by atomic mass is 16.2. The van der Waals surface area contributed by atoms with Crippen molar-refractivity contribution >= 4 is 27.7 Å². The molecule has 0 radical (unpaired) electrons. The predicted molar refractivity (Wildman–Crippen MR) is 120 cm³/mol. The summed E-state index contributed by atoms with van der Waals surface area (Å²) in [5.74, 6) is -0.192. The summed E-state index contributed by atoms with van der Waals surface area (Å²) in [6.45, 7) is 0.702. The minimum Gasteiger partial charge on any atom is -0.341 e. The molecule has 1 N–H and O–H groups in total. The van der Waals surface area contributed by atoms with Crippen molar-refractivity contribution < 1.29 is 4.79 Å². The molecule has 9 heteroatoms. The molecule has 9 nitrogen and oxygen atoms in total. The highest BCUT2D eigenvalue weighted by molar-refractivity contribution is 5.79. The maximum Gasteiger partial charge on any atom is 0.329 e. The second-order valence-electron chi connectivity index (χ2n) is 7.96. The molecule has 2 aromatic carbocycles. The van der Waals surface area contributed by atoms with Gasteiger partial charge >= 0.3 is 5.69 Å². The summed E-state index contributed by atoms with van der Waals surface area (Å²) in [5, 5.41) is 0.935. The van der Waals surface area contributed by atoms with Crippen LogP contribution in [0, 0.1) is 0 Å². The van der Waals surface area contributed by atoms with Crippen LogP contribution in [0.5, 0.6) is 0 Å². The lowest BCUT2D eigenvalue weighted by Crippen LogP contribution is -2.46. The third-order valence-corrected chi connectivity index (χ3v) is 6.06. The summed E-state index contributed by atoms with van der Waals surface area (Å²) in [6.07, 6.45) is 2.36. The topological polar surface area (TPSA) is 110 Å². The van der Waals surface area contributed by atoms with E-state index in [2.05, 4.69) is 9.97 Å². The number of carbonyl (C=O) groups is 1. The maximum atomic E-state index is 12.9. The van der Waals surface area contributed by atoms with Crippen LogP contribution in [-0.2, 0) is 11.3 Å². The van der Waals surface area contributed by atoms with Crippen LogP contribution >= 0.6 is 0 Å².